The van der Waals surface area contributed by atoms with E-state index in [1.165, 1.54) is 24.8 Å². The number of rotatable bonds is 6. The van der Waals surface area contributed by atoms with Crippen LogP contribution in [0, 0.1) is 5.92 Å². The summed E-state index contributed by atoms with van der Waals surface area (Å²) in [5, 5.41) is 3.18. The summed E-state index contributed by atoms with van der Waals surface area (Å²) >= 11 is 0. The van der Waals surface area contributed by atoms with Crippen LogP contribution in [0.1, 0.15) is 30.9 Å². The maximum atomic E-state index is 12.2. The van der Waals surface area contributed by atoms with Gasteiger partial charge in [0.05, 0.1) is 12.6 Å². The Kier molecular flexibility index (Phi) is 5.41. The van der Waals surface area contributed by atoms with Crippen molar-refractivity contribution in [1.82, 2.24) is 10.2 Å². The van der Waals surface area contributed by atoms with Crippen molar-refractivity contribution in [1.29, 1.82) is 0 Å². The first-order chi connectivity index (χ1) is 9.72. The van der Waals surface area contributed by atoms with Gasteiger partial charge in [-0.2, -0.15) is 0 Å². The molecule has 0 spiro atoms. The predicted octanol–water partition coefficient (Wildman–Crippen LogP) is 2.82. The first-order valence-corrected chi connectivity index (χ1v) is 7.28. The smallest absolute Gasteiger partial charge is 0.317 e. The lowest BCUT2D eigenvalue weighted by Crippen LogP contribution is -2.43. The Morgan fingerprint density at radius 1 is 1.40 bits per heavy atom. The Labute approximate surface area is 121 Å². The van der Waals surface area contributed by atoms with Gasteiger partial charge >= 0.3 is 6.03 Å². The molecule has 1 aliphatic rings. The van der Waals surface area contributed by atoms with Gasteiger partial charge in [0, 0.05) is 20.7 Å². The SMILES string of the molecule is COCCN(C)C(=O)N[C@H](c1ccccc1)C1CCC1. The molecule has 0 heterocycles. The second-order valence-electron chi connectivity index (χ2n) is 5.44. The largest absolute Gasteiger partial charge is 0.383 e. The van der Waals surface area contributed by atoms with Gasteiger partial charge < -0.3 is 15.0 Å². The van der Waals surface area contributed by atoms with E-state index in [4.69, 9.17) is 4.74 Å². The topological polar surface area (TPSA) is 41.6 Å². The summed E-state index contributed by atoms with van der Waals surface area (Å²) in [4.78, 5) is 13.9. The Bertz CT molecular complexity index is 418. The van der Waals surface area contributed by atoms with Crippen LogP contribution in [-0.2, 0) is 4.74 Å². The molecular formula is C16H24N2O2. The van der Waals surface area contributed by atoms with Crippen LogP contribution >= 0.6 is 0 Å². The number of carbonyl (C=O) groups is 1. The Morgan fingerprint density at radius 3 is 2.65 bits per heavy atom. The third-order valence-electron chi connectivity index (χ3n) is 4.04. The normalized spacial score (nSPS) is 16.3. The van der Waals surface area contributed by atoms with Gasteiger partial charge in [-0.05, 0) is 24.3 Å². The van der Waals surface area contributed by atoms with Crippen molar-refractivity contribution >= 4 is 6.03 Å². The molecule has 2 rings (SSSR count). The lowest BCUT2D eigenvalue weighted by molar-refractivity contribution is 0.151. The van der Waals surface area contributed by atoms with Gasteiger partial charge in [-0.25, -0.2) is 4.79 Å². The zero-order valence-electron chi connectivity index (χ0n) is 12.3. The quantitative estimate of drug-likeness (QED) is 0.868. The van der Waals surface area contributed by atoms with Gasteiger partial charge in [-0.1, -0.05) is 36.8 Å². The van der Waals surface area contributed by atoms with Crippen LogP contribution in [0.4, 0.5) is 4.79 Å². The van der Waals surface area contributed by atoms with Gasteiger partial charge in [-0.3, -0.25) is 0 Å². The molecule has 1 atom stereocenters. The van der Waals surface area contributed by atoms with Crippen molar-refractivity contribution in [2.24, 2.45) is 5.92 Å². The highest BCUT2D eigenvalue weighted by molar-refractivity contribution is 5.74. The van der Waals surface area contributed by atoms with Crippen LogP contribution in [-0.4, -0.2) is 38.2 Å². The molecule has 2 amide bonds. The average molecular weight is 276 g/mol. The fourth-order valence-electron chi connectivity index (χ4n) is 2.48. The first-order valence-electron chi connectivity index (χ1n) is 7.28. The molecule has 20 heavy (non-hydrogen) atoms. The van der Waals surface area contributed by atoms with Crippen LogP contribution < -0.4 is 5.32 Å². The van der Waals surface area contributed by atoms with E-state index in [0.29, 0.717) is 19.1 Å². The van der Waals surface area contributed by atoms with Crippen LogP contribution in [0.15, 0.2) is 30.3 Å². The van der Waals surface area contributed by atoms with Crippen molar-refractivity contribution < 1.29 is 9.53 Å². The van der Waals surface area contributed by atoms with Crippen molar-refractivity contribution in [3.8, 4) is 0 Å². The van der Waals surface area contributed by atoms with Crippen LogP contribution in [0.3, 0.4) is 0 Å². The molecule has 1 N–H and O–H groups in total. The molecule has 4 heteroatoms. The van der Waals surface area contributed by atoms with Gasteiger partial charge in [-0.15, -0.1) is 0 Å². The van der Waals surface area contributed by atoms with E-state index in [0.717, 1.165) is 0 Å². The summed E-state index contributed by atoms with van der Waals surface area (Å²) in [5.74, 6) is 0.567. The van der Waals surface area contributed by atoms with Crippen molar-refractivity contribution in [3.63, 3.8) is 0 Å². The molecule has 0 unspecified atom stereocenters. The number of carbonyl (C=O) groups excluding carboxylic acids is 1. The lowest BCUT2D eigenvalue weighted by atomic mass is 9.77. The van der Waals surface area contributed by atoms with Gasteiger partial charge in [0.25, 0.3) is 0 Å². The monoisotopic (exact) mass is 276 g/mol. The number of nitrogens with zero attached hydrogens (tertiary/aromatic N) is 1. The molecule has 4 nitrogen and oxygen atoms in total. The van der Waals surface area contributed by atoms with Crippen molar-refractivity contribution in [2.45, 2.75) is 25.3 Å². The van der Waals surface area contributed by atoms with E-state index in [2.05, 4.69) is 17.4 Å². The minimum Gasteiger partial charge on any atom is -0.383 e. The molecular weight excluding hydrogens is 252 g/mol. The number of methoxy groups -OCH3 is 1. The lowest BCUT2D eigenvalue weighted by Gasteiger charge is -2.35. The number of benzene rings is 1. The van der Waals surface area contributed by atoms with Crippen LogP contribution in [0.25, 0.3) is 0 Å². The number of ether oxygens (including phenoxy) is 1. The van der Waals surface area contributed by atoms with Crippen LogP contribution in [0.5, 0.6) is 0 Å². The highest BCUT2D eigenvalue weighted by Crippen LogP contribution is 2.37. The Hall–Kier alpha value is -1.55. The standard InChI is InChI=1S/C16H24N2O2/c1-18(11-12-20-2)16(19)17-15(14-9-6-10-14)13-7-4-3-5-8-13/h3-5,7-8,14-15H,6,9-12H2,1-2H3,(H,17,19)/t15-/m1/s1. The average Bonchev–Trinajstić information content (AvgIpc) is 2.43. The Balaban J connectivity index is 1.99. The second kappa shape index (κ2) is 7.29. The molecule has 0 radical (unpaired) electrons. The van der Waals surface area contributed by atoms with E-state index in [9.17, 15) is 4.79 Å². The fourth-order valence-corrected chi connectivity index (χ4v) is 2.48. The summed E-state index contributed by atoms with van der Waals surface area (Å²) in [6.07, 6.45) is 3.66. The highest BCUT2D eigenvalue weighted by atomic mass is 16.5. The predicted molar refractivity (Wildman–Crippen MR) is 79.6 cm³/mol. The molecule has 1 saturated carbocycles. The van der Waals surface area contributed by atoms with E-state index in [1.807, 2.05) is 18.2 Å². The van der Waals surface area contributed by atoms with E-state index < -0.39 is 0 Å². The minimum absolute atomic E-state index is 0.0252. The molecule has 1 aromatic carbocycles. The summed E-state index contributed by atoms with van der Waals surface area (Å²) in [6, 6.07) is 10.4. The summed E-state index contributed by atoms with van der Waals surface area (Å²) < 4.78 is 5.01. The van der Waals surface area contributed by atoms with Crippen molar-refractivity contribution in [3.05, 3.63) is 35.9 Å². The van der Waals surface area contributed by atoms with Gasteiger partial charge in [0.15, 0.2) is 0 Å². The molecule has 1 aliphatic carbocycles. The third-order valence-corrected chi connectivity index (χ3v) is 4.04. The maximum absolute atomic E-state index is 12.2. The number of likely N-dealkylation sites (N-methyl/N-ethyl adjacent to an activating group) is 1. The molecule has 0 saturated heterocycles. The highest BCUT2D eigenvalue weighted by Gasteiger charge is 2.30. The molecule has 0 aromatic heterocycles. The van der Waals surface area contributed by atoms with E-state index in [-0.39, 0.29) is 12.1 Å². The summed E-state index contributed by atoms with van der Waals surface area (Å²) in [5.41, 5.74) is 1.20. The maximum Gasteiger partial charge on any atom is 0.317 e. The third kappa shape index (κ3) is 3.73. The number of hydrogen-bond donors (Lipinski definition) is 1. The summed E-state index contributed by atoms with van der Waals surface area (Å²) in [6.45, 7) is 1.16. The number of urea groups is 1. The Morgan fingerprint density at radius 2 is 2.10 bits per heavy atom. The fraction of sp³-hybridized carbons (Fsp3) is 0.562. The number of amides is 2. The summed E-state index contributed by atoms with van der Waals surface area (Å²) in [7, 11) is 3.45. The van der Waals surface area contributed by atoms with Gasteiger partial charge in [0.2, 0.25) is 0 Å². The molecule has 110 valence electrons. The number of hydrogen-bond acceptors (Lipinski definition) is 2. The zero-order valence-corrected chi connectivity index (χ0v) is 12.3. The first kappa shape index (κ1) is 14.9. The molecule has 0 aliphatic heterocycles. The molecule has 1 aromatic rings. The molecule has 1 fully saturated rings. The zero-order chi connectivity index (χ0) is 14.4. The van der Waals surface area contributed by atoms with Gasteiger partial charge in [0.1, 0.15) is 0 Å². The molecule has 0 bridgehead atoms. The minimum atomic E-state index is -0.0252. The van der Waals surface area contributed by atoms with Crippen molar-refractivity contribution in [2.75, 3.05) is 27.3 Å². The van der Waals surface area contributed by atoms with Crippen LogP contribution in [0.2, 0.25) is 0 Å². The number of nitrogens with one attached hydrogen (secondary N) is 1. The van der Waals surface area contributed by atoms with E-state index >= 15 is 0 Å². The van der Waals surface area contributed by atoms with E-state index in [1.54, 1.807) is 19.1 Å². The second-order valence-corrected chi connectivity index (χ2v) is 5.44.